The van der Waals surface area contributed by atoms with Gasteiger partial charge in [-0.1, -0.05) is 12.1 Å². The fourth-order valence-corrected chi connectivity index (χ4v) is 3.97. The van der Waals surface area contributed by atoms with Crippen molar-refractivity contribution in [3.63, 3.8) is 0 Å². The molecule has 2 nitrogen and oxygen atoms in total. The Hall–Kier alpha value is -2.65. The molecule has 0 spiro atoms. The molecule has 3 aromatic heterocycles. The smallest absolute Gasteiger partial charge is 0.144 e. The molecule has 3 heteroatoms. The highest BCUT2D eigenvalue weighted by Crippen LogP contribution is 2.39. The molecule has 0 amide bonds. The SMILES string of the molecule is Cc1ccnc(-c2cccc3c2oc2c4ccsc4ccc32)c1. The molecule has 0 unspecified atom stereocenters. The van der Waals surface area contributed by atoms with Gasteiger partial charge in [-0.25, -0.2) is 0 Å². The zero-order chi connectivity index (χ0) is 15.4. The van der Waals surface area contributed by atoms with Crippen molar-refractivity contribution in [1.29, 1.82) is 0 Å². The maximum Gasteiger partial charge on any atom is 0.144 e. The van der Waals surface area contributed by atoms with Crippen LogP contribution in [0.15, 0.2) is 64.5 Å². The molecule has 0 saturated heterocycles. The zero-order valence-electron chi connectivity index (χ0n) is 12.5. The molecule has 0 saturated carbocycles. The molecule has 3 heterocycles. The number of nitrogens with zero attached hydrogens (tertiary/aromatic N) is 1. The van der Waals surface area contributed by atoms with E-state index in [0.717, 1.165) is 27.8 Å². The quantitative estimate of drug-likeness (QED) is 0.369. The number of furan rings is 1. The van der Waals surface area contributed by atoms with Crippen molar-refractivity contribution in [2.75, 3.05) is 0 Å². The van der Waals surface area contributed by atoms with Crippen molar-refractivity contribution in [1.82, 2.24) is 4.98 Å². The topological polar surface area (TPSA) is 26.0 Å². The van der Waals surface area contributed by atoms with Crippen LogP contribution in [0.2, 0.25) is 0 Å². The van der Waals surface area contributed by atoms with Gasteiger partial charge in [0.15, 0.2) is 0 Å². The van der Waals surface area contributed by atoms with E-state index in [1.54, 1.807) is 11.3 Å². The number of pyridine rings is 1. The van der Waals surface area contributed by atoms with E-state index in [-0.39, 0.29) is 0 Å². The molecular weight excluding hydrogens is 302 g/mol. The number of hydrogen-bond acceptors (Lipinski definition) is 3. The Morgan fingerprint density at radius 3 is 2.74 bits per heavy atom. The largest absolute Gasteiger partial charge is 0.455 e. The summed E-state index contributed by atoms with van der Waals surface area (Å²) in [5, 5.41) is 5.61. The van der Waals surface area contributed by atoms with Crippen LogP contribution in [-0.2, 0) is 0 Å². The first-order valence-corrected chi connectivity index (χ1v) is 8.44. The lowest BCUT2D eigenvalue weighted by atomic mass is 10.0. The normalized spacial score (nSPS) is 11.7. The van der Waals surface area contributed by atoms with Gasteiger partial charge in [0.1, 0.15) is 11.2 Å². The second-order valence-electron chi connectivity index (χ2n) is 5.78. The van der Waals surface area contributed by atoms with Crippen LogP contribution in [0.25, 0.3) is 43.3 Å². The summed E-state index contributed by atoms with van der Waals surface area (Å²) < 4.78 is 7.57. The Bertz CT molecular complexity index is 1180. The fourth-order valence-electron chi connectivity index (χ4n) is 3.19. The van der Waals surface area contributed by atoms with Gasteiger partial charge in [0.25, 0.3) is 0 Å². The summed E-state index contributed by atoms with van der Waals surface area (Å²) in [5.41, 5.74) is 5.09. The Morgan fingerprint density at radius 1 is 0.913 bits per heavy atom. The highest BCUT2D eigenvalue weighted by molar-refractivity contribution is 7.17. The average Bonchev–Trinajstić information content (AvgIpc) is 3.18. The second-order valence-corrected chi connectivity index (χ2v) is 6.73. The van der Waals surface area contributed by atoms with E-state index in [2.05, 4.69) is 59.8 Å². The number of hydrogen-bond donors (Lipinski definition) is 0. The van der Waals surface area contributed by atoms with Gasteiger partial charge in [-0.15, -0.1) is 11.3 Å². The standard InChI is InChI=1S/C20H13NOS/c1-12-7-9-21-17(11-12)15-4-2-3-13-14-5-6-18-16(8-10-23-18)20(14)22-19(13)15/h2-11H,1H3. The summed E-state index contributed by atoms with van der Waals surface area (Å²) in [5.74, 6) is 0. The van der Waals surface area contributed by atoms with Gasteiger partial charge < -0.3 is 4.42 Å². The molecule has 0 bridgehead atoms. The van der Waals surface area contributed by atoms with E-state index in [9.17, 15) is 0 Å². The van der Waals surface area contributed by atoms with Gasteiger partial charge in [0, 0.05) is 32.6 Å². The lowest BCUT2D eigenvalue weighted by molar-refractivity contribution is 0.673. The Morgan fingerprint density at radius 2 is 1.83 bits per heavy atom. The third kappa shape index (κ3) is 1.83. The number of rotatable bonds is 1. The first kappa shape index (κ1) is 12.9. The second kappa shape index (κ2) is 4.67. The molecule has 0 atom stereocenters. The molecular formula is C20H13NOS. The van der Waals surface area contributed by atoms with Crippen LogP contribution in [-0.4, -0.2) is 4.98 Å². The molecule has 0 N–H and O–H groups in total. The molecule has 23 heavy (non-hydrogen) atoms. The van der Waals surface area contributed by atoms with Crippen molar-refractivity contribution >= 4 is 43.4 Å². The minimum absolute atomic E-state index is 0.916. The van der Waals surface area contributed by atoms with Gasteiger partial charge in [0.2, 0.25) is 0 Å². The van der Waals surface area contributed by atoms with E-state index in [4.69, 9.17) is 4.42 Å². The first-order valence-electron chi connectivity index (χ1n) is 7.56. The lowest BCUT2D eigenvalue weighted by Crippen LogP contribution is -1.84. The van der Waals surface area contributed by atoms with E-state index >= 15 is 0 Å². The Kier molecular flexibility index (Phi) is 2.61. The molecule has 0 aliphatic rings. The minimum Gasteiger partial charge on any atom is -0.455 e. The molecule has 0 aliphatic heterocycles. The summed E-state index contributed by atoms with van der Waals surface area (Å²) in [6, 6.07) is 16.9. The monoisotopic (exact) mass is 315 g/mol. The summed E-state index contributed by atoms with van der Waals surface area (Å²) in [6.45, 7) is 2.08. The number of para-hydroxylation sites is 1. The van der Waals surface area contributed by atoms with Gasteiger partial charge in [-0.05, 0) is 54.3 Å². The van der Waals surface area contributed by atoms with Crippen LogP contribution in [0.4, 0.5) is 0 Å². The highest BCUT2D eigenvalue weighted by Gasteiger charge is 2.15. The van der Waals surface area contributed by atoms with E-state index in [1.807, 2.05) is 12.3 Å². The summed E-state index contributed by atoms with van der Waals surface area (Å²) in [6.07, 6.45) is 1.85. The van der Waals surface area contributed by atoms with Crippen LogP contribution in [0, 0.1) is 6.92 Å². The van der Waals surface area contributed by atoms with Crippen molar-refractivity contribution in [2.45, 2.75) is 6.92 Å². The number of thiophene rings is 1. The van der Waals surface area contributed by atoms with Gasteiger partial charge >= 0.3 is 0 Å². The van der Waals surface area contributed by atoms with Crippen molar-refractivity contribution in [2.24, 2.45) is 0 Å². The minimum atomic E-state index is 0.916. The van der Waals surface area contributed by atoms with E-state index in [1.165, 1.54) is 21.0 Å². The zero-order valence-corrected chi connectivity index (χ0v) is 13.4. The Labute approximate surface area is 137 Å². The third-order valence-electron chi connectivity index (χ3n) is 4.29. The fraction of sp³-hybridized carbons (Fsp3) is 0.0500. The molecule has 110 valence electrons. The molecule has 2 aromatic carbocycles. The number of aromatic nitrogens is 1. The number of aryl methyl sites for hydroxylation is 1. The van der Waals surface area contributed by atoms with Gasteiger partial charge in [-0.3, -0.25) is 4.98 Å². The molecule has 0 fully saturated rings. The van der Waals surface area contributed by atoms with Crippen molar-refractivity contribution in [3.05, 3.63) is 65.7 Å². The lowest BCUT2D eigenvalue weighted by Gasteiger charge is -2.02. The van der Waals surface area contributed by atoms with Crippen LogP contribution in [0.5, 0.6) is 0 Å². The van der Waals surface area contributed by atoms with Crippen LogP contribution in [0.3, 0.4) is 0 Å². The van der Waals surface area contributed by atoms with Gasteiger partial charge in [-0.2, -0.15) is 0 Å². The van der Waals surface area contributed by atoms with Crippen molar-refractivity contribution in [3.8, 4) is 11.3 Å². The average molecular weight is 315 g/mol. The summed E-state index contributed by atoms with van der Waals surface area (Å²) in [7, 11) is 0. The van der Waals surface area contributed by atoms with Crippen LogP contribution in [0.1, 0.15) is 5.56 Å². The van der Waals surface area contributed by atoms with E-state index < -0.39 is 0 Å². The predicted octanol–water partition coefficient (Wildman–Crippen LogP) is 6.17. The van der Waals surface area contributed by atoms with Crippen LogP contribution >= 0.6 is 11.3 Å². The van der Waals surface area contributed by atoms with Gasteiger partial charge in [0.05, 0.1) is 5.69 Å². The number of fused-ring (bicyclic) bond motifs is 5. The predicted molar refractivity (Wildman–Crippen MR) is 97.1 cm³/mol. The highest BCUT2D eigenvalue weighted by atomic mass is 32.1. The Balaban J connectivity index is 1.93. The first-order chi connectivity index (χ1) is 11.3. The maximum atomic E-state index is 6.32. The molecule has 0 aliphatic carbocycles. The summed E-state index contributed by atoms with van der Waals surface area (Å²) >= 11 is 1.74. The van der Waals surface area contributed by atoms with Crippen molar-refractivity contribution < 1.29 is 4.42 Å². The third-order valence-corrected chi connectivity index (χ3v) is 5.17. The maximum absolute atomic E-state index is 6.32. The van der Waals surface area contributed by atoms with E-state index in [0.29, 0.717) is 0 Å². The summed E-state index contributed by atoms with van der Waals surface area (Å²) in [4.78, 5) is 4.52. The van der Waals surface area contributed by atoms with Crippen LogP contribution < -0.4 is 0 Å². The molecule has 5 rings (SSSR count). The number of benzene rings is 2. The molecule has 0 radical (unpaired) electrons. The molecule has 5 aromatic rings.